The van der Waals surface area contributed by atoms with E-state index in [-0.39, 0.29) is 48.6 Å². The van der Waals surface area contributed by atoms with Crippen molar-refractivity contribution < 1.29 is 48.0 Å². The molecule has 0 saturated carbocycles. The molecule has 406 valence electrons. The minimum Gasteiger partial charge on any atom is -0.475 e. The van der Waals surface area contributed by atoms with Crippen molar-refractivity contribution in [3.8, 4) is 0 Å². The monoisotopic (exact) mass is 1060 g/mol. The van der Waals surface area contributed by atoms with Gasteiger partial charge >= 0.3 is 24.1 Å². The Morgan fingerprint density at radius 3 is 1.26 bits per heavy atom. The second-order valence-corrected chi connectivity index (χ2v) is 33.7. The SMILES string of the molecule is CCc1c(N2CCN(C(=O)OC(C)(C)C)CC2)c(=O)n2nc(C(=O)O)nc2n1COCC[Si](C)(C)C.CCc1c(N2CCN(C(=O)OC(C)(C)C)CC2)c(=O)n2nc(C(=O)OC)nc2n1COCC[Si](C)(C)C. The Balaban J connectivity index is 0.000000271. The van der Waals surface area contributed by atoms with E-state index in [4.69, 9.17) is 23.7 Å². The van der Waals surface area contributed by atoms with Crippen LogP contribution in [0.5, 0.6) is 0 Å². The number of amides is 2. The Labute approximate surface area is 428 Å². The Morgan fingerprint density at radius 1 is 0.589 bits per heavy atom. The number of aromatic nitrogens is 8. The summed E-state index contributed by atoms with van der Waals surface area (Å²) in [5.74, 6) is -2.30. The maximum atomic E-state index is 13.7. The summed E-state index contributed by atoms with van der Waals surface area (Å²) >= 11 is 0. The van der Waals surface area contributed by atoms with Gasteiger partial charge in [-0.05, 0) is 66.5 Å². The second kappa shape index (κ2) is 23.6. The van der Waals surface area contributed by atoms with Gasteiger partial charge in [-0.2, -0.15) is 19.0 Å². The number of fused-ring (bicyclic) bond motifs is 2. The Morgan fingerprint density at radius 2 is 0.945 bits per heavy atom. The van der Waals surface area contributed by atoms with Crippen LogP contribution in [0.15, 0.2) is 9.59 Å². The minimum atomic E-state index is -1.31. The van der Waals surface area contributed by atoms with E-state index in [1.54, 1.807) is 18.9 Å². The summed E-state index contributed by atoms with van der Waals surface area (Å²) in [5.41, 5.74) is 0.327. The first-order chi connectivity index (χ1) is 34.0. The van der Waals surface area contributed by atoms with Gasteiger partial charge in [0.2, 0.25) is 11.6 Å². The summed E-state index contributed by atoms with van der Waals surface area (Å²) < 4.78 is 33.5. The highest BCUT2D eigenvalue weighted by molar-refractivity contribution is 6.76. The fourth-order valence-electron chi connectivity index (χ4n) is 8.01. The highest BCUT2D eigenvalue weighted by atomic mass is 28.3. The lowest BCUT2D eigenvalue weighted by Gasteiger charge is -2.37. The number of carbonyl (C=O) groups is 4. The number of hydrogen-bond acceptors (Lipinski definition) is 17. The summed E-state index contributed by atoms with van der Waals surface area (Å²) in [4.78, 5) is 91.5. The number of methoxy groups -OCH3 is 1. The number of aromatic carboxylic acids is 1. The predicted molar refractivity (Wildman–Crippen MR) is 280 cm³/mol. The molecule has 2 aliphatic heterocycles. The number of esters is 1. The Hall–Kier alpha value is -5.87. The zero-order valence-electron chi connectivity index (χ0n) is 45.6. The largest absolute Gasteiger partial charge is 0.475 e. The van der Waals surface area contributed by atoms with E-state index in [9.17, 15) is 33.9 Å². The molecular formula is C47H78N12O12Si2. The molecule has 2 amide bonds. The third-order valence-corrected chi connectivity index (χ3v) is 15.2. The first-order valence-corrected chi connectivity index (χ1v) is 32.4. The number of carboxylic acid groups (broad SMARTS) is 1. The van der Waals surface area contributed by atoms with E-state index in [1.807, 2.05) is 65.2 Å². The fraction of sp³-hybridized carbons (Fsp3) is 0.702. The third kappa shape index (κ3) is 15.1. The van der Waals surface area contributed by atoms with Crippen LogP contribution in [0.2, 0.25) is 51.4 Å². The molecule has 73 heavy (non-hydrogen) atoms. The molecule has 0 atom stereocenters. The van der Waals surface area contributed by atoms with Crippen molar-refractivity contribution in [1.29, 1.82) is 0 Å². The standard InChI is InChI=1S/C24H40N6O6Si.C23H38N6O6Si/c1-9-17-18(27-10-12-28(13-11-27)23(33)36-24(2,3)4)20(31)30-22(25-19(26-30)21(32)34-5)29(17)16-35-14-15-37(6,7)8;1-8-16-17(26-9-11-27(12-10-26)22(33)35-23(2,3)4)19(30)29-21(24-18(25-29)20(31)32)28(16)15-34-13-14-36(5,6)7/h9-16H2,1-8H3;8-15H2,1-7H3,(H,31,32). The maximum absolute atomic E-state index is 13.7. The Bertz CT molecular complexity index is 2730. The van der Waals surface area contributed by atoms with Crippen LogP contribution in [0.25, 0.3) is 11.6 Å². The van der Waals surface area contributed by atoms with Crippen LogP contribution in [-0.2, 0) is 50.0 Å². The third-order valence-electron chi connectivity index (χ3n) is 11.8. The first-order valence-electron chi connectivity index (χ1n) is 24.9. The van der Waals surface area contributed by atoms with E-state index < -0.39 is 50.7 Å². The van der Waals surface area contributed by atoms with Gasteiger partial charge in [0.15, 0.2) is 0 Å². The van der Waals surface area contributed by atoms with Gasteiger partial charge < -0.3 is 48.4 Å². The van der Waals surface area contributed by atoms with Crippen LogP contribution in [0.1, 0.15) is 88.0 Å². The predicted octanol–water partition coefficient (Wildman–Crippen LogP) is 5.13. The number of rotatable bonds is 16. The smallest absolute Gasteiger partial charge is 0.410 e. The lowest BCUT2D eigenvalue weighted by atomic mass is 10.2. The van der Waals surface area contributed by atoms with Crippen molar-refractivity contribution in [2.45, 2.75) is 144 Å². The van der Waals surface area contributed by atoms with Crippen molar-refractivity contribution >= 4 is 63.2 Å². The molecule has 4 aromatic heterocycles. The van der Waals surface area contributed by atoms with Gasteiger partial charge in [-0.15, -0.1) is 10.2 Å². The summed E-state index contributed by atoms with van der Waals surface area (Å²) in [5, 5.41) is 17.6. The molecular weight excluding hydrogens is 981 g/mol. The molecule has 26 heteroatoms. The lowest BCUT2D eigenvalue weighted by Crippen LogP contribution is -2.51. The van der Waals surface area contributed by atoms with Crippen LogP contribution in [-0.4, -0.2) is 177 Å². The molecule has 2 saturated heterocycles. The van der Waals surface area contributed by atoms with Gasteiger partial charge in [0, 0.05) is 81.7 Å². The molecule has 6 heterocycles. The molecule has 0 unspecified atom stereocenters. The maximum Gasteiger partial charge on any atom is 0.410 e. The van der Waals surface area contributed by atoms with Gasteiger partial charge in [-0.1, -0.05) is 53.1 Å². The number of hydrogen-bond donors (Lipinski definition) is 1. The van der Waals surface area contributed by atoms with Crippen LogP contribution < -0.4 is 20.9 Å². The summed E-state index contributed by atoms with van der Waals surface area (Å²) in [6, 6.07) is 1.96. The van der Waals surface area contributed by atoms with Gasteiger partial charge in [-0.25, -0.2) is 19.2 Å². The molecule has 0 aromatic carbocycles. The van der Waals surface area contributed by atoms with Crippen molar-refractivity contribution in [3.63, 3.8) is 0 Å². The molecule has 0 radical (unpaired) electrons. The van der Waals surface area contributed by atoms with E-state index in [2.05, 4.69) is 59.4 Å². The first kappa shape index (κ1) is 58.0. The van der Waals surface area contributed by atoms with Crippen molar-refractivity contribution in [3.05, 3.63) is 43.7 Å². The normalized spacial score (nSPS) is 14.9. The molecule has 1 N–H and O–H groups in total. The number of anilines is 2. The van der Waals surface area contributed by atoms with Crippen LogP contribution in [0, 0.1) is 0 Å². The van der Waals surface area contributed by atoms with Gasteiger partial charge in [0.05, 0.1) is 18.5 Å². The average molecular weight is 1060 g/mol. The van der Waals surface area contributed by atoms with E-state index in [0.29, 0.717) is 95.5 Å². The van der Waals surface area contributed by atoms with Gasteiger partial charge in [0.25, 0.3) is 22.8 Å². The van der Waals surface area contributed by atoms with Crippen LogP contribution in [0.3, 0.4) is 0 Å². The average Bonchev–Trinajstić information content (AvgIpc) is 3.96. The number of piperazine rings is 2. The van der Waals surface area contributed by atoms with E-state index >= 15 is 0 Å². The summed E-state index contributed by atoms with van der Waals surface area (Å²) in [6.45, 7) is 33.2. The zero-order chi connectivity index (χ0) is 54.4. The van der Waals surface area contributed by atoms with Gasteiger partial charge in [0.1, 0.15) is 36.0 Å². The Kier molecular flexibility index (Phi) is 18.7. The summed E-state index contributed by atoms with van der Waals surface area (Å²) in [7, 11) is -1.36. The molecule has 6 rings (SSSR count). The van der Waals surface area contributed by atoms with E-state index in [1.165, 1.54) is 7.11 Å². The number of carbonyl (C=O) groups excluding carboxylic acids is 3. The second-order valence-electron chi connectivity index (χ2n) is 22.5. The molecule has 0 aliphatic carbocycles. The van der Waals surface area contributed by atoms with Crippen LogP contribution >= 0.6 is 0 Å². The molecule has 24 nitrogen and oxygen atoms in total. The molecule has 4 aromatic rings. The quantitative estimate of drug-likeness (QED) is 0.0661. The summed E-state index contributed by atoms with van der Waals surface area (Å²) in [6.07, 6.45) is 0.278. The molecule has 2 fully saturated rings. The fourth-order valence-corrected chi connectivity index (χ4v) is 9.53. The van der Waals surface area contributed by atoms with Crippen molar-refractivity contribution in [2.24, 2.45) is 0 Å². The van der Waals surface area contributed by atoms with E-state index in [0.717, 1.165) is 26.8 Å². The van der Waals surface area contributed by atoms with Crippen molar-refractivity contribution in [1.82, 2.24) is 48.1 Å². The number of ether oxygens (including phenoxy) is 5. The van der Waals surface area contributed by atoms with Crippen LogP contribution in [0.4, 0.5) is 21.0 Å². The lowest BCUT2D eigenvalue weighted by molar-refractivity contribution is 0.0230. The minimum absolute atomic E-state index is 0.125. The van der Waals surface area contributed by atoms with Gasteiger partial charge in [-0.3, -0.25) is 18.7 Å². The topological polar surface area (TPSA) is 252 Å². The molecule has 0 spiro atoms. The molecule has 2 aliphatic rings. The highest BCUT2D eigenvalue weighted by Crippen LogP contribution is 2.25. The number of nitrogens with zero attached hydrogens (tertiary/aromatic N) is 12. The molecule has 0 bridgehead atoms. The highest BCUT2D eigenvalue weighted by Gasteiger charge is 2.33. The number of carboxylic acids is 1. The van der Waals surface area contributed by atoms with Crippen molar-refractivity contribution in [2.75, 3.05) is 82.5 Å². The zero-order valence-corrected chi connectivity index (χ0v) is 47.6.